The van der Waals surface area contributed by atoms with Gasteiger partial charge in [-0.25, -0.2) is 4.21 Å². The second kappa shape index (κ2) is 12.7. The number of methoxy groups -OCH3 is 1. The molecule has 3 aliphatic heterocycles. The molecular formula is C34H43ClN2O4S. The monoisotopic (exact) mass is 610 g/mol. The summed E-state index contributed by atoms with van der Waals surface area (Å²) in [7, 11) is 0.400. The van der Waals surface area contributed by atoms with Crippen molar-refractivity contribution in [2.75, 3.05) is 37.5 Å². The van der Waals surface area contributed by atoms with Gasteiger partial charge in [0.05, 0.1) is 18.4 Å². The molecule has 2 aromatic rings. The zero-order valence-electron chi connectivity index (χ0n) is 24.9. The third-order valence-corrected chi connectivity index (χ3v) is 11.4. The predicted molar refractivity (Wildman–Crippen MR) is 170 cm³/mol. The zero-order valence-corrected chi connectivity index (χ0v) is 26.5. The number of aryl methyl sites for hydroxylation is 1. The number of allylic oxidation sites excluding steroid dienone is 1. The fourth-order valence-corrected chi connectivity index (χ4v) is 9.00. The molecule has 0 aromatic heterocycles. The summed E-state index contributed by atoms with van der Waals surface area (Å²) in [6.07, 6.45) is 8.76. The van der Waals surface area contributed by atoms with Crippen LogP contribution in [-0.2, 0) is 22.1 Å². The van der Waals surface area contributed by atoms with E-state index in [1.807, 2.05) is 25.3 Å². The summed E-state index contributed by atoms with van der Waals surface area (Å²) in [5.74, 6) is 2.73. The Hall–Kier alpha value is -2.35. The standard InChI is InChI=1S/C34H43ClN2O4S/c1-4-6-22-15-28(35)9-11-29(22)27-18-37-17-24-7-10-30(24)33(40-3)26-13-25(14-26)21(5-2)20-42(39)36-34(38)23-8-12-32(41-19-27)31(37)16-23/h8-9,11-13,15-16,21,24-25,27,30,33H,4-7,10,14,17-20H2,1-3H3,(H,36,38). The molecule has 6 nitrogen and oxygen atoms in total. The van der Waals surface area contributed by atoms with E-state index in [-0.39, 0.29) is 23.8 Å². The fourth-order valence-electron chi connectivity index (χ4n) is 7.53. The molecule has 7 unspecified atom stereocenters. The van der Waals surface area contributed by atoms with Crippen LogP contribution in [0.3, 0.4) is 0 Å². The van der Waals surface area contributed by atoms with Gasteiger partial charge in [0, 0.05) is 42.5 Å². The quantitative estimate of drug-likeness (QED) is 0.382. The minimum Gasteiger partial charge on any atom is -0.491 e. The number of hydrogen-bond donors (Lipinski definition) is 1. The molecule has 4 bridgehead atoms. The first-order chi connectivity index (χ1) is 20.4. The highest BCUT2D eigenvalue weighted by molar-refractivity contribution is 7.83. The molecule has 42 heavy (non-hydrogen) atoms. The normalized spacial score (nSPS) is 31.0. The number of hydrogen-bond acceptors (Lipinski definition) is 5. The first kappa shape index (κ1) is 29.7. The van der Waals surface area contributed by atoms with Crippen molar-refractivity contribution in [3.8, 4) is 5.75 Å². The summed E-state index contributed by atoms with van der Waals surface area (Å²) >= 11 is 6.42. The Labute approximate surface area is 257 Å². The van der Waals surface area contributed by atoms with Crippen LogP contribution in [0.15, 0.2) is 48.0 Å². The number of rotatable bonds is 5. The van der Waals surface area contributed by atoms with Crippen molar-refractivity contribution in [1.29, 1.82) is 0 Å². The maximum atomic E-state index is 13.3. The molecule has 226 valence electrons. The summed E-state index contributed by atoms with van der Waals surface area (Å²) in [5, 5.41) is 0.763. The maximum absolute atomic E-state index is 13.3. The van der Waals surface area contributed by atoms with Gasteiger partial charge >= 0.3 is 0 Å². The molecule has 1 amide bonds. The minimum atomic E-state index is -1.45. The number of fused-ring (bicyclic) bond motifs is 4. The van der Waals surface area contributed by atoms with E-state index in [2.05, 4.69) is 41.7 Å². The second-order valence-electron chi connectivity index (χ2n) is 12.6. The van der Waals surface area contributed by atoms with Crippen LogP contribution in [0.2, 0.25) is 5.02 Å². The number of benzene rings is 2. The lowest BCUT2D eigenvalue weighted by Gasteiger charge is -2.47. The molecule has 0 saturated heterocycles. The topological polar surface area (TPSA) is 67.9 Å². The largest absolute Gasteiger partial charge is 0.491 e. The van der Waals surface area contributed by atoms with E-state index in [0.29, 0.717) is 35.7 Å². The number of carbonyl (C=O) groups is 1. The third kappa shape index (κ3) is 5.89. The number of anilines is 1. The summed E-state index contributed by atoms with van der Waals surface area (Å²) in [5.41, 5.74) is 5.40. The average Bonchev–Trinajstić information content (AvgIpc) is 3.12. The van der Waals surface area contributed by atoms with Crippen LogP contribution in [0.25, 0.3) is 0 Å². The summed E-state index contributed by atoms with van der Waals surface area (Å²) < 4.78 is 28.5. The van der Waals surface area contributed by atoms with Crippen molar-refractivity contribution in [3.05, 3.63) is 69.8 Å². The van der Waals surface area contributed by atoms with Crippen molar-refractivity contribution in [3.63, 3.8) is 0 Å². The average molecular weight is 611 g/mol. The molecule has 3 heterocycles. The number of ether oxygens (including phenoxy) is 2. The van der Waals surface area contributed by atoms with Gasteiger partial charge in [0.15, 0.2) is 0 Å². The first-order valence-corrected chi connectivity index (χ1v) is 17.3. The van der Waals surface area contributed by atoms with Gasteiger partial charge in [0.25, 0.3) is 5.91 Å². The van der Waals surface area contributed by atoms with Gasteiger partial charge in [0.1, 0.15) is 16.7 Å². The van der Waals surface area contributed by atoms with Crippen molar-refractivity contribution in [2.45, 2.75) is 64.4 Å². The molecule has 8 heteroatoms. The summed E-state index contributed by atoms with van der Waals surface area (Å²) in [6, 6.07) is 11.9. The van der Waals surface area contributed by atoms with Crippen molar-refractivity contribution in [1.82, 2.24) is 4.72 Å². The Morgan fingerprint density at radius 3 is 2.69 bits per heavy atom. The minimum absolute atomic E-state index is 0.132. The molecule has 7 atom stereocenters. The summed E-state index contributed by atoms with van der Waals surface area (Å²) in [4.78, 5) is 15.8. The predicted octanol–water partition coefficient (Wildman–Crippen LogP) is 6.70. The maximum Gasteiger partial charge on any atom is 0.263 e. The van der Waals surface area contributed by atoms with Crippen molar-refractivity contribution in [2.24, 2.45) is 23.7 Å². The molecule has 5 aliphatic rings. The van der Waals surface area contributed by atoms with Gasteiger partial charge in [-0.15, -0.1) is 0 Å². The lowest BCUT2D eigenvalue weighted by molar-refractivity contribution is -0.000238. The van der Waals surface area contributed by atoms with Crippen molar-refractivity contribution >= 4 is 34.2 Å². The summed E-state index contributed by atoms with van der Waals surface area (Å²) in [6.45, 7) is 6.55. The molecule has 1 fully saturated rings. The van der Waals surface area contributed by atoms with Gasteiger partial charge in [-0.3, -0.25) is 9.52 Å². The van der Waals surface area contributed by atoms with Crippen molar-refractivity contribution < 1.29 is 18.5 Å². The molecule has 0 radical (unpaired) electrons. The molecular weight excluding hydrogens is 568 g/mol. The van der Waals surface area contributed by atoms with Gasteiger partial charge in [-0.1, -0.05) is 50.4 Å². The number of nitrogens with one attached hydrogen (secondary N) is 1. The van der Waals surface area contributed by atoms with Gasteiger partial charge in [0.2, 0.25) is 0 Å². The highest BCUT2D eigenvalue weighted by atomic mass is 35.5. The van der Waals surface area contributed by atoms with Crippen LogP contribution in [0.1, 0.15) is 73.4 Å². The van der Waals surface area contributed by atoms with Gasteiger partial charge in [-0.2, -0.15) is 0 Å². The molecule has 2 aliphatic carbocycles. The van der Waals surface area contributed by atoms with Crippen LogP contribution >= 0.6 is 11.6 Å². The number of halogens is 1. The Bertz CT molecular complexity index is 1380. The molecule has 0 spiro atoms. The molecule has 1 saturated carbocycles. The van der Waals surface area contributed by atoms with Gasteiger partial charge in [-0.05, 0) is 96.4 Å². The molecule has 1 N–H and O–H groups in total. The van der Waals surface area contributed by atoms with Crippen LogP contribution in [-0.4, -0.2) is 48.8 Å². The zero-order chi connectivity index (χ0) is 29.4. The first-order valence-electron chi connectivity index (χ1n) is 15.6. The lowest BCUT2D eigenvalue weighted by atomic mass is 9.64. The van der Waals surface area contributed by atoms with E-state index >= 15 is 0 Å². The van der Waals surface area contributed by atoms with Crippen LogP contribution in [0.4, 0.5) is 5.69 Å². The van der Waals surface area contributed by atoms with Crippen LogP contribution in [0.5, 0.6) is 5.75 Å². The fraction of sp³-hybridized carbons (Fsp3) is 0.559. The Balaban J connectivity index is 1.37. The Morgan fingerprint density at radius 1 is 1.14 bits per heavy atom. The van der Waals surface area contributed by atoms with E-state index in [0.717, 1.165) is 68.1 Å². The van der Waals surface area contributed by atoms with Gasteiger partial charge < -0.3 is 14.4 Å². The molecule has 7 rings (SSSR count). The highest BCUT2D eigenvalue weighted by Crippen LogP contribution is 2.47. The van der Waals surface area contributed by atoms with E-state index in [1.54, 1.807) is 6.07 Å². The second-order valence-corrected chi connectivity index (χ2v) is 14.2. The lowest BCUT2D eigenvalue weighted by Crippen LogP contribution is -2.47. The third-order valence-electron chi connectivity index (χ3n) is 10.0. The van der Waals surface area contributed by atoms with Crippen LogP contribution < -0.4 is 14.4 Å². The van der Waals surface area contributed by atoms with E-state index < -0.39 is 11.0 Å². The smallest absolute Gasteiger partial charge is 0.263 e. The highest BCUT2D eigenvalue weighted by Gasteiger charge is 2.43. The number of carbonyl (C=O) groups excluding carboxylic acids is 1. The van der Waals surface area contributed by atoms with E-state index in [1.165, 1.54) is 16.7 Å². The number of amides is 1. The van der Waals surface area contributed by atoms with E-state index in [9.17, 15) is 9.00 Å². The SMILES string of the molecule is CCCc1cc(Cl)ccc1C1COc2ccc3cc2N(C1)CC1CCC1C(OC)C1=CC(C1)C(CC)CS(=O)NC3=O. The Morgan fingerprint density at radius 2 is 1.98 bits per heavy atom. The van der Waals surface area contributed by atoms with Crippen LogP contribution in [0, 0.1) is 23.7 Å². The van der Waals surface area contributed by atoms with E-state index in [4.69, 9.17) is 21.1 Å². The molecule has 2 aromatic carbocycles. The Kier molecular flexibility index (Phi) is 8.99. The number of nitrogens with zero attached hydrogens (tertiary/aromatic N) is 1.